The average Bonchev–Trinajstić information content (AvgIpc) is 2.83. The monoisotopic (exact) mass is 267 g/mol. The van der Waals surface area contributed by atoms with Crippen LogP contribution >= 0.6 is 0 Å². The number of carbonyl (C=O) groups is 1. The summed E-state index contributed by atoms with van der Waals surface area (Å²) in [6.45, 7) is 1.76. The minimum atomic E-state index is -0.304. The Morgan fingerprint density at radius 2 is 1.90 bits per heavy atom. The number of aryl methyl sites for hydroxylation is 1. The van der Waals surface area contributed by atoms with Gasteiger partial charge < -0.3 is 15.6 Å². The maximum absolute atomic E-state index is 12.2. The van der Waals surface area contributed by atoms with Gasteiger partial charge in [-0.1, -0.05) is 29.4 Å². The van der Waals surface area contributed by atoms with E-state index >= 15 is 0 Å². The van der Waals surface area contributed by atoms with E-state index in [2.05, 4.69) is 10.5 Å². The maximum atomic E-state index is 12.2. The van der Waals surface area contributed by atoms with Crippen molar-refractivity contribution in [2.45, 2.75) is 6.92 Å². The Kier molecular flexibility index (Phi) is 2.87. The lowest BCUT2D eigenvalue weighted by atomic mass is 10.0. The molecule has 0 aliphatic heterocycles. The number of nitrogen functional groups attached to an aromatic ring is 1. The third-order valence-corrected chi connectivity index (χ3v) is 3.03. The van der Waals surface area contributed by atoms with E-state index < -0.39 is 0 Å². The van der Waals surface area contributed by atoms with Gasteiger partial charge in [0.25, 0.3) is 5.91 Å². The number of fused-ring (bicyclic) bond motifs is 1. The highest BCUT2D eigenvalue weighted by atomic mass is 16.5. The molecule has 0 saturated carbocycles. The molecule has 1 heterocycles. The van der Waals surface area contributed by atoms with Crippen LogP contribution in [0.15, 0.2) is 47.0 Å². The Hall–Kier alpha value is -2.82. The second-order valence-electron chi connectivity index (χ2n) is 4.56. The first-order valence-corrected chi connectivity index (χ1v) is 6.16. The van der Waals surface area contributed by atoms with Crippen LogP contribution in [0, 0.1) is 6.92 Å². The minimum Gasteiger partial charge on any atom is -0.398 e. The van der Waals surface area contributed by atoms with Crippen molar-refractivity contribution in [3.05, 3.63) is 53.8 Å². The molecule has 0 aliphatic rings. The molecule has 5 nitrogen and oxygen atoms in total. The molecule has 0 aliphatic carbocycles. The number of nitrogens with two attached hydrogens (primary N) is 1. The third kappa shape index (κ3) is 2.21. The number of nitrogens with one attached hydrogen (secondary N) is 1. The molecule has 3 N–H and O–H groups in total. The molecule has 0 atom stereocenters. The molecule has 1 amide bonds. The molecule has 2 aromatic carbocycles. The van der Waals surface area contributed by atoms with E-state index in [4.69, 9.17) is 10.3 Å². The van der Waals surface area contributed by atoms with Crippen LogP contribution in [0.3, 0.4) is 0 Å². The molecular formula is C15H13N3O2. The van der Waals surface area contributed by atoms with Gasteiger partial charge in [0.1, 0.15) is 5.76 Å². The second kappa shape index (κ2) is 4.70. The summed E-state index contributed by atoms with van der Waals surface area (Å²) in [5.41, 5.74) is 6.79. The summed E-state index contributed by atoms with van der Waals surface area (Å²) in [6.07, 6.45) is 0. The SMILES string of the molecule is Cc1cc(NC(=O)c2cc3ccccc3cc2N)no1. The largest absolute Gasteiger partial charge is 0.398 e. The molecule has 100 valence electrons. The average molecular weight is 267 g/mol. The molecule has 3 aromatic rings. The number of benzene rings is 2. The summed E-state index contributed by atoms with van der Waals surface area (Å²) in [6, 6.07) is 12.9. The first-order chi connectivity index (χ1) is 9.63. The zero-order chi connectivity index (χ0) is 14.1. The van der Waals surface area contributed by atoms with Crippen LogP contribution < -0.4 is 11.1 Å². The first kappa shape index (κ1) is 12.2. The molecule has 0 bridgehead atoms. The lowest BCUT2D eigenvalue weighted by Gasteiger charge is -2.07. The van der Waals surface area contributed by atoms with Crippen molar-refractivity contribution < 1.29 is 9.32 Å². The summed E-state index contributed by atoms with van der Waals surface area (Å²) < 4.78 is 4.91. The Balaban J connectivity index is 1.96. The summed E-state index contributed by atoms with van der Waals surface area (Å²) in [5, 5.41) is 8.35. The van der Waals surface area contributed by atoms with Gasteiger partial charge in [-0.25, -0.2) is 0 Å². The highest BCUT2D eigenvalue weighted by Gasteiger charge is 2.13. The van der Waals surface area contributed by atoms with Crippen LogP contribution in [-0.2, 0) is 0 Å². The maximum Gasteiger partial charge on any atom is 0.259 e. The lowest BCUT2D eigenvalue weighted by molar-refractivity contribution is 0.102. The molecule has 20 heavy (non-hydrogen) atoms. The first-order valence-electron chi connectivity index (χ1n) is 6.16. The number of nitrogens with zero attached hydrogens (tertiary/aromatic N) is 1. The standard InChI is InChI=1S/C15H13N3O2/c1-9-6-14(18-20-9)17-15(19)12-7-10-4-2-3-5-11(10)8-13(12)16/h2-8H,16H2,1H3,(H,17,18,19). The molecule has 0 saturated heterocycles. The Bertz CT molecular complexity index is 793. The van der Waals surface area contributed by atoms with Crippen LogP contribution in [0.25, 0.3) is 10.8 Å². The molecule has 5 heteroatoms. The topological polar surface area (TPSA) is 81.2 Å². The Labute approximate surface area is 115 Å². The normalized spacial score (nSPS) is 10.7. The van der Waals surface area contributed by atoms with E-state index in [1.54, 1.807) is 25.1 Å². The summed E-state index contributed by atoms with van der Waals surface area (Å²) >= 11 is 0. The highest BCUT2D eigenvalue weighted by Crippen LogP contribution is 2.22. The van der Waals surface area contributed by atoms with E-state index in [1.807, 2.05) is 24.3 Å². The fourth-order valence-corrected chi connectivity index (χ4v) is 2.06. The fourth-order valence-electron chi connectivity index (χ4n) is 2.06. The molecule has 0 unspecified atom stereocenters. The number of carbonyl (C=O) groups excluding carboxylic acids is 1. The van der Waals surface area contributed by atoms with E-state index in [0.29, 0.717) is 22.8 Å². The second-order valence-corrected chi connectivity index (χ2v) is 4.56. The zero-order valence-corrected chi connectivity index (χ0v) is 10.9. The van der Waals surface area contributed by atoms with Crippen LogP contribution in [0.2, 0.25) is 0 Å². The predicted octanol–water partition coefficient (Wildman–Crippen LogP) is 2.97. The number of hydrogen-bond donors (Lipinski definition) is 2. The molecule has 0 fully saturated rings. The van der Waals surface area contributed by atoms with Crippen molar-refractivity contribution in [2.75, 3.05) is 11.1 Å². The van der Waals surface area contributed by atoms with E-state index in [-0.39, 0.29) is 5.91 Å². The zero-order valence-electron chi connectivity index (χ0n) is 10.9. The van der Waals surface area contributed by atoms with Gasteiger partial charge in [-0.3, -0.25) is 4.79 Å². The molecule has 3 rings (SSSR count). The van der Waals surface area contributed by atoms with Gasteiger partial charge >= 0.3 is 0 Å². The number of aromatic nitrogens is 1. The summed E-state index contributed by atoms with van der Waals surface area (Å²) in [4.78, 5) is 12.2. The molecular weight excluding hydrogens is 254 g/mol. The van der Waals surface area contributed by atoms with E-state index in [9.17, 15) is 4.79 Å². The Morgan fingerprint density at radius 3 is 2.55 bits per heavy atom. The van der Waals surface area contributed by atoms with Crippen molar-refractivity contribution in [1.29, 1.82) is 0 Å². The highest BCUT2D eigenvalue weighted by molar-refractivity contribution is 6.10. The van der Waals surface area contributed by atoms with Crippen molar-refractivity contribution in [2.24, 2.45) is 0 Å². The van der Waals surface area contributed by atoms with E-state index in [0.717, 1.165) is 10.8 Å². The van der Waals surface area contributed by atoms with Gasteiger partial charge in [0.05, 0.1) is 5.56 Å². The number of anilines is 2. The van der Waals surface area contributed by atoms with Crippen LogP contribution in [0.4, 0.5) is 11.5 Å². The summed E-state index contributed by atoms with van der Waals surface area (Å²) in [7, 11) is 0. The third-order valence-electron chi connectivity index (χ3n) is 3.03. The van der Waals surface area contributed by atoms with Crippen molar-refractivity contribution >= 4 is 28.2 Å². The Morgan fingerprint density at radius 1 is 1.20 bits per heavy atom. The summed E-state index contributed by atoms with van der Waals surface area (Å²) in [5.74, 6) is 0.702. The molecule has 1 aromatic heterocycles. The van der Waals surface area contributed by atoms with Crippen molar-refractivity contribution in [3.63, 3.8) is 0 Å². The fraction of sp³-hybridized carbons (Fsp3) is 0.0667. The molecule has 0 radical (unpaired) electrons. The van der Waals surface area contributed by atoms with Gasteiger partial charge in [0.2, 0.25) is 0 Å². The van der Waals surface area contributed by atoms with Gasteiger partial charge in [-0.05, 0) is 29.8 Å². The predicted molar refractivity (Wildman–Crippen MR) is 77.6 cm³/mol. The van der Waals surface area contributed by atoms with Gasteiger partial charge in [0, 0.05) is 11.8 Å². The van der Waals surface area contributed by atoms with Crippen molar-refractivity contribution in [1.82, 2.24) is 5.16 Å². The van der Waals surface area contributed by atoms with Gasteiger partial charge in [0.15, 0.2) is 5.82 Å². The lowest BCUT2D eigenvalue weighted by Crippen LogP contribution is -2.14. The minimum absolute atomic E-state index is 0.304. The smallest absolute Gasteiger partial charge is 0.259 e. The quantitative estimate of drug-likeness (QED) is 0.699. The van der Waals surface area contributed by atoms with Crippen LogP contribution in [0.5, 0.6) is 0 Å². The number of rotatable bonds is 2. The van der Waals surface area contributed by atoms with Crippen molar-refractivity contribution in [3.8, 4) is 0 Å². The van der Waals surface area contributed by atoms with E-state index in [1.165, 1.54) is 0 Å². The number of hydrogen-bond acceptors (Lipinski definition) is 4. The van der Waals surface area contributed by atoms with Gasteiger partial charge in [-0.15, -0.1) is 0 Å². The van der Waals surface area contributed by atoms with Gasteiger partial charge in [-0.2, -0.15) is 0 Å². The van der Waals surface area contributed by atoms with Crippen LogP contribution in [0.1, 0.15) is 16.1 Å². The van der Waals surface area contributed by atoms with Crippen LogP contribution in [-0.4, -0.2) is 11.1 Å². The molecule has 0 spiro atoms. The number of amides is 1.